The van der Waals surface area contributed by atoms with Crippen LogP contribution in [0.1, 0.15) is 12.8 Å². The maximum absolute atomic E-state index is 12.7. The first-order valence-corrected chi connectivity index (χ1v) is 9.67. The Morgan fingerprint density at radius 2 is 2.04 bits per heavy atom. The van der Waals surface area contributed by atoms with Gasteiger partial charge in [-0.05, 0) is 18.2 Å². The molecule has 2 fully saturated rings. The zero-order chi connectivity index (χ0) is 19.2. The van der Waals surface area contributed by atoms with Crippen molar-refractivity contribution in [3.8, 4) is 5.75 Å². The minimum Gasteiger partial charge on any atom is -0.490 e. The zero-order valence-electron chi connectivity index (χ0n) is 15.3. The highest BCUT2D eigenvalue weighted by Gasteiger charge is 2.34. The fourth-order valence-electron chi connectivity index (χ4n) is 3.61. The van der Waals surface area contributed by atoms with Gasteiger partial charge in [0.25, 0.3) is 0 Å². The molecule has 2 saturated heterocycles. The quantitative estimate of drug-likeness (QED) is 0.780. The molecule has 0 aromatic heterocycles. The number of piperidine rings is 1. The van der Waals surface area contributed by atoms with E-state index in [2.05, 4.69) is 4.90 Å². The molecule has 2 N–H and O–H groups in total. The van der Waals surface area contributed by atoms with Crippen molar-refractivity contribution in [3.63, 3.8) is 0 Å². The fourth-order valence-corrected chi connectivity index (χ4v) is 3.79. The van der Waals surface area contributed by atoms with Crippen LogP contribution in [0.4, 0.5) is 0 Å². The average Bonchev–Trinajstić information content (AvgIpc) is 2.63. The molecule has 8 heteroatoms. The lowest BCUT2D eigenvalue weighted by atomic mass is 9.91. The van der Waals surface area contributed by atoms with E-state index in [1.165, 1.54) is 0 Å². The third kappa shape index (κ3) is 5.82. The number of carbonyl (C=O) groups excluding carboxylic acids is 2. The summed E-state index contributed by atoms with van der Waals surface area (Å²) in [7, 11) is 0. The molecule has 148 valence electrons. The third-order valence-corrected chi connectivity index (χ3v) is 5.26. The number of ether oxygens (including phenoxy) is 2. The van der Waals surface area contributed by atoms with E-state index >= 15 is 0 Å². The number of nitrogens with zero attached hydrogens (tertiary/aromatic N) is 2. The van der Waals surface area contributed by atoms with Crippen molar-refractivity contribution < 1.29 is 19.1 Å². The highest BCUT2D eigenvalue weighted by molar-refractivity contribution is 6.30. The molecule has 0 bridgehead atoms. The summed E-state index contributed by atoms with van der Waals surface area (Å²) in [6.45, 7) is 4.31. The molecular formula is C19H26ClN3O4. The van der Waals surface area contributed by atoms with E-state index in [9.17, 15) is 9.59 Å². The lowest BCUT2D eigenvalue weighted by Gasteiger charge is -2.39. The average molecular weight is 396 g/mol. The van der Waals surface area contributed by atoms with Gasteiger partial charge in [0, 0.05) is 50.0 Å². The van der Waals surface area contributed by atoms with Crippen LogP contribution < -0.4 is 10.5 Å². The second kappa shape index (κ2) is 9.39. The van der Waals surface area contributed by atoms with Crippen molar-refractivity contribution >= 4 is 23.4 Å². The van der Waals surface area contributed by atoms with E-state index in [4.69, 9.17) is 26.8 Å². The van der Waals surface area contributed by atoms with Gasteiger partial charge >= 0.3 is 0 Å². The number of hydrogen-bond acceptors (Lipinski definition) is 5. The van der Waals surface area contributed by atoms with Crippen LogP contribution in [0.5, 0.6) is 5.75 Å². The normalized spacial score (nSPS) is 23.8. The van der Waals surface area contributed by atoms with Gasteiger partial charge in [0.1, 0.15) is 11.9 Å². The Morgan fingerprint density at radius 3 is 2.74 bits per heavy atom. The first kappa shape index (κ1) is 19.9. The lowest BCUT2D eigenvalue weighted by Crippen LogP contribution is -2.52. The zero-order valence-corrected chi connectivity index (χ0v) is 16.1. The first-order valence-electron chi connectivity index (χ1n) is 9.29. The van der Waals surface area contributed by atoms with E-state index in [0.717, 1.165) is 13.1 Å². The molecule has 2 amide bonds. The van der Waals surface area contributed by atoms with Crippen LogP contribution in [0.3, 0.4) is 0 Å². The minimum absolute atomic E-state index is 0.0765. The molecule has 3 rings (SSSR count). The number of benzene rings is 1. The SMILES string of the molecule is NC(=O)C[C@H]1CN(C(=O)CN2CCOCC2)CC[C@@H]1Oc1cccc(Cl)c1. The Bertz CT molecular complexity index is 666. The Morgan fingerprint density at radius 1 is 1.26 bits per heavy atom. The van der Waals surface area contributed by atoms with Crippen molar-refractivity contribution in [1.29, 1.82) is 0 Å². The summed E-state index contributed by atoms with van der Waals surface area (Å²) in [5, 5.41) is 0.595. The van der Waals surface area contributed by atoms with Crippen LogP contribution in [0.15, 0.2) is 24.3 Å². The molecular weight excluding hydrogens is 370 g/mol. The van der Waals surface area contributed by atoms with Crippen LogP contribution in [-0.4, -0.2) is 73.7 Å². The van der Waals surface area contributed by atoms with Crippen LogP contribution >= 0.6 is 11.6 Å². The molecule has 2 heterocycles. The topological polar surface area (TPSA) is 85.1 Å². The predicted molar refractivity (Wildman–Crippen MR) is 102 cm³/mol. The van der Waals surface area contributed by atoms with Gasteiger partial charge < -0.3 is 20.1 Å². The summed E-state index contributed by atoms with van der Waals surface area (Å²) in [6.07, 6.45) is 0.662. The molecule has 2 atom stereocenters. The number of morpholine rings is 1. The van der Waals surface area contributed by atoms with Gasteiger partial charge in [-0.1, -0.05) is 17.7 Å². The predicted octanol–water partition coefficient (Wildman–Crippen LogP) is 1.14. The van der Waals surface area contributed by atoms with Gasteiger partial charge in [0.05, 0.1) is 19.8 Å². The fraction of sp³-hybridized carbons (Fsp3) is 0.579. The van der Waals surface area contributed by atoms with Crippen LogP contribution in [-0.2, 0) is 14.3 Å². The number of primary amides is 1. The number of carbonyl (C=O) groups is 2. The summed E-state index contributed by atoms with van der Waals surface area (Å²) in [4.78, 5) is 28.1. The van der Waals surface area contributed by atoms with Gasteiger partial charge in [-0.25, -0.2) is 0 Å². The standard InChI is InChI=1S/C19H26ClN3O4/c20-15-2-1-3-16(11-15)27-17-4-5-23(12-14(17)10-18(21)24)19(25)13-22-6-8-26-9-7-22/h1-3,11,14,17H,4-10,12-13H2,(H2,21,24)/t14-,17-/m0/s1. The largest absolute Gasteiger partial charge is 0.490 e. The molecule has 0 saturated carbocycles. The molecule has 7 nitrogen and oxygen atoms in total. The Kier molecular flexibility index (Phi) is 6.93. The molecule has 2 aliphatic rings. The van der Waals surface area contributed by atoms with E-state index < -0.39 is 0 Å². The summed E-state index contributed by atoms with van der Waals surface area (Å²) >= 11 is 6.02. The van der Waals surface area contributed by atoms with Crippen molar-refractivity contribution in [2.45, 2.75) is 18.9 Å². The molecule has 0 unspecified atom stereocenters. The Labute approximate surface area is 164 Å². The number of nitrogens with two attached hydrogens (primary N) is 1. The molecule has 0 aliphatic carbocycles. The summed E-state index contributed by atoms with van der Waals surface area (Å²) in [6, 6.07) is 7.19. The third-order valence-electron chi connectivity index (χ3n) is 5.03. The molecule has 0 radical (unpaired) electrons. The smallest absolute Gasteiger partial charge is 0.236 e. The molecule has 1 aromatic carbocycles. The minimum atomic E-state index is -0.387. The highest BCUT2D eigenvalue weighted by atomic mass is 35.5. The molecule has 0 spiro atoms. The van der Waals surface area contributed by atoms with Crippen molar-refractivity contribution in [2.24, 2.45) is 11.7 Å². The summed E-state index contributed by atoms with van der Waals surface area (Å²) in [5.41, 5.74) is 5.43. The second-order valence-corrected chi connectivity index (χ2v) is 7.50. The van der Waals surface area contributed by atoms with Crippen molar-refractivity contribution in [2.75, 3.05) is 45.9 Å². The monoisotopic (exact) mass is 395 g/mol. The lowest BCUT2D eigenvalue weighted by molar-refractivity contribution is -0.138. The van der Waals surface area contributed by atoms with Crippen LogP contribution in [0.25, 0.3) is 0 Å². The maximum atomic E-state index is 12.7. The summed E-state index contributed by atoms with van der Waals surface area (Å²) < 4.78 is 11.4. The molecule has 1 aromatic rings. The van der Waals surface area contributed by atoms with Gasteiger partial charge in [-0.3, -0.25) is 14.5 Å². The van der Waals surface area contributed by atoms with E-state index in [-0.39, 0.29) is 30.3 Å². The second-order valence-electron chi connectivity index (χ2n) is 7.06. The first-order chi connectivity index (χ1) is 13.0. The summed E-state index contributed by atoms with van der Waals surface area (Å²) in [5.74, 6) is 0.216. The number of rotatable bonds is 6. The number of likely N-dealkylation sites (tertiary alicyclic amines) is 1. The molecule has 27 heavy (non-hydrogen) atoms. The Balaban J connectivity index is 1.61. The van der Waals surface area contributed by atoms with Crippen molar-refractivity contribution in [3.05, 3.63) is 29.3 Å². The van der Waals surface area contributed by atoms with Gasteiger partial charge in [-0.2, -0.15) is 0 Å². The van der Waals surface area contributed by atoms with Crippen molar-refractivity contribution in [1.82, 2.24) is 9.80 Å². The maximum Gasteiger partial charge on any atom is 0.236 e. The van der Waals surface area contributed by atoms with Crippen LogP contribution in [0, 0.1) is 5.92 Å². The van der Waals surface area contributed by atoms with E-state index in [1.54, 1.807) is 12.1 Å². The van der Waals surface area contributed by atoms with Gasteiger partial charge in [-0.15, -0.1) is 0 Å². The molecule has 2 aliphatic heterocycles. The number of hydrogen-bond donors (Lipinski definition) is 1. The van der Waals surface area contributed by atoms with E-state index in [0.29, 0.717) is 50.0 Å². The number of amides is 2. The highest BCUT2D eigenvalue weighted by Crippen LogP contribution is 2.27. The van der Waals surface area contributed by atoms with E-state index in [1.807, 2.05) is 17.0 Å². The van der Waals surface area contributed by atoms with Crippen LogP contribution in [0.2, 0.25) is 5.02 Å². The van der Waals surface area contributed by atoms with Gasteiger partial charge in [0.15, 0.2) is 0 Å². The number of halogens is 1. The van der Waals surface area contributed by atoms with Gasteiger partial charge in [0.2, 0.25) is 11.8 Å². The Hall–Kier alpha value is -1.83.